The number of ether oxygens (including phenoxy) is 1. The first-order chi connectivity index (χ1) is 15.3. The summed E-state index contributed by atoms with van der Waals surface area (Å²) in [5, 5.41) is 14.0. The van der Waals surface area contributed by atoms with Crippen LogP contribution in [0.2, 0.25) is 0 Å². The number of pyridine rings is 2. The molecule has 2 amide bonds. The molecule has 2 atom stereocenters. The predicted octanol–water partition coefficient (Wildman–Crippen LogP) is 3.74. The number of hydrogen-bond acceptors (Lipinski definition) is 5. The SMILES string of the molecule is O=C(NCc1cncc2cccnc12)N1C(O)O[C@H](c2cccc(C(F)(F)F)c2)C12CC2. The van der Waals surface area contributed by atoms with Crippen molar-refractivity contribution in [2.75, 3.05) is 0 Å². The molecule has 1 aromatic carbocycles. The lowest BCUT2D eigenvalue weighted by Gasteiger charge is -2.27. The van der Waals surface area contributed by atoms with Gasteiger partial charge in [0.1, 0.15) is 6.10 Å². The molecule has 1 saturated carbocycles. The highest BCUT2D eigenvalue weighted by atomic mass is 19.4. The topological polar surface area (TPSA) is 87.6 Å². The van der Waals surface area contributed by atoms with Gasteiger partial charge in [0.25, 0.3) is 0 Å². The van der Waals surface area contributed by atoms with Crippen LogP contribution >= 0.6 is 0 Å². The van der Waals surface area contributed by atoms with Crippen molar-refractivity contribution in [1.29, 1.82) is 0 Å². The van der Waals surface area contributed by atoms with E-state index >= 15 is 0 Å². The van der Waals surface area contributed by atoms with Gasteiger partial charge in [-0.15, -0.1) is 0 Å². The third-order valence-electron chi connectivity index (χ3n) is 5.96. The minimum Gasteiger partial charge on any atom is -0.351 e. The molecule has 0 radical (unpaired) electrons. The van der Waals surface area contributed by atoms with Crippen LogP contribution < -0.4 is 5.32 Å². The maximum Gasteiger partial charge on any atom is 0.416 e. The third kappa shape index (κ3) is 3.45. The summed E-state index contributed by atoms with van der Waals surface area (Å²) < 4.78 is 45.0. The number of hydrogen-bond donors (Lipinski definition) is 2. The zero-order valence-electron chi connectivity index (χ0n) is 16.7. The molecule has 1 spiro atoms. The Morgan fingerprint density at radius 3 is 2.81 bits per heavy atom. The largest absolute Gasteiger partial charge is 0.416 e. The van der Waals surface area contributed by atoms with E-state index in [2.05, 4.69) is 15.3 Å². The van der Waals surface area contributed by atoms with Gasteiger partial charge >= 0.3 is 12.2 Å². The fourth-order valence-corrected chi connectivity index (χ4v) is 4.30. The van der Waals surface area contributed by atoms with Gasteiger partial charge in [-0.1, -0.05) is 12.1 Å². The number of fused-ring (bicyclic) bond motifs is 1. The van der Waals surface area contributed by atoms with Gasteiger partial charge in [-0.3, -0.25) is 14.9 Å². The number of carbonyl (C=O) groups excluding carboxylic acids is 1. The van der Waals surface area contributed by atoms with Crippen LogP contribution in [0.1, 0.15) is 35.6 Å². The predicted molar refractivity (Wildman–Crippen MR) is 107 cm³/mol. The zero-order chi connectivity index (χ0) is 22.5. The highest BCUT2D eigenvalue weighted by Gasteiger charge is 2.64. The van der Waals surface area contributed by atoms with Crippen molar-refractivity contribution in [3.05, 3.63) is 71.7 Å². The molecular formula is C22H19F3N4O3. The van der Waals surface area contributed by atoms with Gasteiger partial charge in [0.05, 0.1) is 16.6 Å². The molecule has 2 fully saturated rings. The van der Waals surface area contributed by atoms with Crippen molar-refractivity contribution in [3.63, 3.8) is 0 Å². The number of nitrogens with zero attached hydrogens (tertiary/aromatic N) is 3. The maximum absolute atomic E-state index is 13.1. The molecule has 2 aliphatic rings. The van der Waals surface area contributed by atoms with Gasteiger partial charge in [0, 0.05) is 36.1 Å². The van der Waals surface area contributed by atoms with Crippen LogP contribution in [-0.2, 0) is 17.5 Å². The van der Waals surface area contributed by atoms with E-state index < -0.39 is 35.8 Å². The standard InChI is InChI=1S/C22H19F3N4O3/c23-22(24,25)16-5-1-3-13(9-16)18-21(6-7-21)29(20(31)32-18)19(30)28-12-15-11-26-10-14-4-2-8-27-17(14)15/h1-5,8-11,18,20,31H,6-7,12H2,(H,28,30)/t18-,20?/m1/s1. The van der Waals surface area contributed by atoms with E-state index in [4.69, 9.17) is 4.74 Å². The molecule has 0 bridgehead atoms. The molecular weight excluding hydrogens is 425 g/mol. The summed E-state index contributed by atoms with van der Waals surface area (Å²) in [6.45, 7) is 0.119. The highest BCUT2D eigenvalue weighted by molar-refractivity contribution is 5.81. The number of halogens is 3. The Labute approximate surface area is 180 Å². The van der Waals surface area contributed by atoms with Gasteiger partial charge in [-0.2, -0.15) is 13.2 Å². The smallest absolute Gasteiger partial charge is 0.351 e. The molecule has 7 nitrogen and oxygen atoms in total. The van der Waals surface area contributed by atoms with E-state index in [0.29, 0.717) is 23.9 Å². The highest BCUT2D eigenvalue weighted by Crippen LogP contribution is 2.58. The first-order valence-electron chi connectivity index (χ1n) is 10.0. The number of aliphatic hydroxyl groups excluding tert-OH is 1. The van der Waals surface area contributed by atoms with Crippen molar-refractivity contribution < 1.29 is 27.8 Å². The normalized spacial score (nSPS) is 21.8. The fraction of sp³-hybridized carbons (Fsp3) is 0.318. The molecule has 3 aromatic rings. The number of benzene rings is 1. The number of rotatable bonds is 3. The number of aromatic nitrogens is 2. The van der Waals surface area contributed by atoms with Crippen LogP contribution in [0, 0.1) is 0 Å². The van der Waals surface area contributed by atoms with Gasteiger partial charge < -0.3 is 15.2 Å². The summed E-state index contributed by atoms with van der Waals surface area (Å²) >= 11 is 0. The summed E-state index contributed by atoms with van der Waals surface area (Å²) in [5.74, 6) is 0. The average molecular weight is 444 g/mol. The lowest BCUT2D eigenvalue weighted by molar-refractivity contribution is -0.139. The average Bonchev–Trinajstić information content (AvgIpc) is 3.50. The number of amides is 2. The zero-order valence-corrected chi connectivity index (χ0v) is 16.7. The minimum atomic E-state index is -4.50. The Morgan fingerprint density at radius 2 is 2.06 bits per heavy atom. The van der Waals surface area contributed by atoms with Crippen molar-refractivity contribution >= 4 is 16.9 Å². The van der Waals surface area contributed by atoms with Gasteiger partial charge in [-0.25, -0.2) is 4.79 Å². The molecule has 2 N–H and O–H groups in total. The number of nitrogens with one attached hydrogen (secondary N) is 1. The van der Waals surface area contributed by atoms with Crippen molar-refractivity contribution in [2.24, 2.45) is 0 Å². The van der Waals surface area contributed by atoms with E-state index in [1.165, 1.54) is 17.0 Å². The number of urea groups is 1. The van der Waals surface area contributed by atoms with Gasteiger partial charge in [0.2, 0.25) is 6.41 Å². The third-order valence-corrected chi connectivity index (χ3v) is 5.96. The molecule has 5 rings (SSSR count). The molecule has 1 aliphatic carbocycles. The van der Waals surface area contributed by atoms with Crippen LogP contribution in [0.5, 0.6) is 0 Å². The van der Waals surface area contributed by atoms with Crippen molar-refractivity contribution in [1.82, 2.24) is 20.2 Å². The molecule has 3 heterocycles. The number of carbonyl (C=O) groups is 1. The Hall–Kier alpha value is -3.24. The summed E-state index contributed by atoms with van der Waals surface area (Å²) in [4.78, 5) is 22.6. The van der Waals surface area contributed by atoms with Crippen molar-refractivity contribution in [3.8, 4) is 0 Å². The molecule has 1 aliphatic heterocycles. The Balaban J connectivity index is 1.36. The van der Waals surface area contributed by atoms with E-state index in [1.54, 1.807) is 24.7 Å². The molecule has 166 valence electrons. The van der Waals surface area contributed by atoms with Crippen LogP contribution in [0.3, 0.4) is 0 Å². The summed E-state index contributed by atoms with van der Waals surface area (Å²) in [6.07, 6.45) is -0.986. The Kier molecular flexibility index (Phi) is 4.79. The quantitative estimate of drug-likeness (QED) is 0.643. The summed E-state index contributed by atoms with van der Waals surface area (Å²) in [7, 11) is 0. The van der Waals surface area contributed by atoms with E-state index in [0.717, 1.165) is 17.5 Å². The van der Waals surface area contributed by atoms with Gasteiger partial charge in [-0.05, 0) is 42.7 Å². The summed E-state index contributed by atoms with van der Waals surface area (Å²) in [6, 6.07) is 7.87. The van der Waals surface area contributed by atoms with Crippen LogP contribution in [0.4, 0.5) is 18.0 Å². The van der Waals surface area contributed by atoms with Gasteiger partial charge in [0.15, 0.2) is 0 Å². The molecule has 10 heteroatoms. The first kappa shape index (κ1) is 20.7. The second-order valence-corrected chi connectivity index (χ2v) is 7.97. The van der Waals surface area contributed by atoms with Crippen molar-refractivity contribution in [2.45, 2.75) is 43.6 Å². The van der Waals surface area contributed by atoms with E-state index in [9.17, 15) is 23.1 Å². The second kappa shape index (κ2) is 7.42. The molecule has 32 heavy (non-hydrogen) atoms. The molecule has 2 aromatic heterocycles. The lowest BCUT2D eigenvalue weighted by atomic mass is 9.98. The minimum absolute atomic E-state index is 0.119. The van der Waals surface area contributed by atoms with E-state index in [1.807, 2.05) is 6.07 Å². The fourth-order valence-electron chi connectivity index (χ4n) is 4.30. The Bertz CT molecular complexity index is 1180. The Morgan fingerprint density at radius 1 is 1.25 bits per heavy atom. The molecule has 1 unspecified atom stereocenters. The van der Waals surface area contributed by atoms with Crippen LogP contribution in [0.25, 0.3) is 10.9 Å². The lowest BCUT2D eigenvalue weighted by Crippen LogP contribution is -2.49. The first-order valence-corrected chi connectivity index (χ1v) is 10.0. The van der Waals surface area contributed by atoms with Crippen LogP contribution in [-0.4, -0.2) is 38.0 Å². The number of aliphatic hydroxyl groups is 1. The maximum atomic E-state index is 13.1. The number of alkyl halides is 3. The van der Waals surface area contributed by atoms with E-state index in [-0.39, 0.29) is 12.1 Å². The summed E-state index contributed by atoms with van der Waals surface area (Å²) in [5.41, 5.74) is -0.0191. The molecule has 1 saturated heterocycles. The monoisotopic (exact) mass is 444 g/mol. The van der Waals surface area contributed by atoms with Crippen LogP contribution in [0.15, 0.2) is 55.0 Å². The second-order valence-electron chi connectivity index (χ2n) is 7.97.